The van der Waals surface area contributed by atoms with Crippen LogP contribution in [0.4, 0.5) is 11.4 Å². The van der Waals surface area contributed by atoms with Crippen LogP contribution in [0.3, 0.4) is 0 Å². The summed E-state index contributed by atoms with van der Waals surface area (Å²) in [5, 5.41) is 3.70. The lowest BCUT2D eigenvalue weighted by Gasteiger charge is -2.18. The Bertz CT molecular complexity index is 1050. The third kappa shape index (κ3) is 3.92. The van der Waals surface area contributed by atoms with Crippen LogP contribution in [-0.2, 0) is 9.59 Å². The number of carbonyl (C=O) groups is 2. The number of nitrogens with one attached hydrogen (secondary N) is 1. The fraction of sp³-hybridized carbons (Fsp3) is 0.0435. The molecule has 1 heterocycles. The topological polar surface area (TPSA) is 49.4 Å². The van der Waals surface area contributed by atoms with Gasteiger partial charge >= 0.3 is 0 Å². The molecule has 0 unspecified atom stereocenters. The number of nitrogens with zero attached hydrogens (tertiary/aromatic N) is 1. The number of hydrogen-bond donors (Lipinski definition) is 1. The van der Waals surface area contributed by atoms with Gasteiger partial charge in [0.1, 0.15) is 10.6 Å². The summed E-state index contributed by atoms with van der Waals surface area (Å²) in [7, 11) is 0. The molecule has 3 aromatic rings. The van der Waals surface area contributed by atoms with Crippen LogP contribution in [0.15, 0.2) is 94.4 Å². The summed E-state index contributed by atoms with van der Waals surface area (Å²) in [5.74, 6) is -0.740. The molecule has 0 saturated carbocycles. The van der Waals surface area contributed by atoms with Crippen LogP contribution in [0.1, 0.15) is 5.56 Å². The number of anilines is 2. The Balaban J connectivity index is 1.76. The number of hydrogen-bond acceptors (Lipinski definition) is 4. The molecule has 0 fully saturated rings. The summed E-state index contributed by atoms with van der Waals surface area (Å²) in [6.07, 6.45) is 0. The van der Waals surface area contributed by atoms with Crippen molar-refractivity contribution in [3.8, 4) is 0 Å². The summed E-state index contributed by atoms with van der Waals surface area (Å²) in [6.45, 7) is 1.83. The van der Waals surface area contributed by atoms with E-state index in [2.05, 4.69) is 5.32 Å². The number of aryl methyl sites for hydroxylation is 1. The average molecular weight is 421 g/mol. The fourth-order valence-electron chi connectivity index (χ4n) is 3.08. The van der Waals surface area contributed by atoms with E-state index in [-0.39, 0.29) is 17.5 Å². The van der Waals surface area contributed by atoms with Crippen molar-refractivity contribution in [1.29, 1.82) is 0 Å². The van der Waals surface area contributed by atoms with Crippen molar-refractivity contribution in [2.75, 3.05) is 10.2 Å². The first-order valence-corrected chi connectivity index (χ1v) is 10.2. The Morgan fingerprint density at radius 1 is 0.862 bits per heavy atom. The lowest BCUT2D eigenvalue weighted by molar-refractivity contribution is -0.120. The van der Waals surface area contributed by atoms with E-state index < -0.39 is 0 Å². The van der Waals surface area contributed by atoms with Gasteiger partial charge < -0.3 is 5.32 Å². The van der Waals surface area contributed by atoms with Gasteiger partial charge in [-0.2, -0.15) is 0 Å². The van der Waals surface area contributed by atoms with E-state index in [1.165, 1.54) is 16.7 Å². The number of amides is 2. The van der Waals surface area contributed by atoms with Gasteiger partial charge in [-0.15, -0.1) is 0 Å². The number of carbonyl (C=O) groups excluding carboxylic acids is 2. The number of rotatable bonds is 5. The van der Waals surface area contributed by atoms with Crippen LogP contribution in [0.25, 0.3) is 0 Å². The molecule has 0 spiro atoms. The van der Waals surface area contributed by atoms with E-state index in [0.29, 0.717) is 15.6 Å². The second-order valence-electron chi connectivity index (χ2n) is 6.49. The molecule has 0 aliphatic carbocycles. The zero-order chi connectivity index (χ0) is 20.4. The molecule has 2 amide bonds. The van der Waals surface area contributed by atoms with Gasteiger partial charge in [0.15, 0.2) is 0 Å². The Hall–Kier alpha value is -3.02. The van der Waals surface area contributed by atoms with Gasteiger partial charge in [0.25, 0.3) is 11.8 Å². The lowest BCUT2D eigenvalue weighted by atomic mass is 10.2. The molecule has 0 saturated heterocycles. The molecule has 4 rings (SSSR count). The smallest absolute Gasteiger partial charge is 0.283 e. The minimum absolute atomic E-state index is 0.268. The zero-order valence-electron chi connectivity index (χ0n) is 15.6. The Morgan fingerprint density at radius 3 is 2.17 bits per heavy atom. The van der Waals surface area contributed by atoms with Crippen LogP contribution >= 0.6 is 23.4 Å². The first kappa shape index (κ1) is 19.3. The average Bonchev–Trinajstić information content (AvgIpc) is 2.94. The Kier molecular flexibility index (Phi) is 5.43. The maximum Gasteiger partial charge on any atom is 0.283 e. The fourth-order valence-corrected chi connectivity index (χ4v) is 4.25. The van der Waals surface area contributed by atoms with E-state index in [9.17, 15) is 9.59 Å². The third-order valence-electron chi connectivity index (χ3n) is 4.45. The molecule has 3 aromatic carbocycles. The standard InChI is InChI=1S/C23H17ClN2O2S/c1-15-14-16(24)12-13-19(15)26-22(27)20(25-17-8-4-2-5-9-17)21(23(26)28)29-18-10-6-3-7-11-18/h2-14,25H,1H3. The molecule has 29 heavy (non-hydrogen) atoms. The van der Waals surface area contributed by atoms with E-state index >= 15 is 0 Å². The Morgan fingerprint density at radius 2 is 1.52 bits per heavy atom. The van der Waals surface area contributed by atoms with Crippen molar-refractivity contribution in [3.05, 3.63) is 100 Å². The van der Waals surface area contributed by atoms with Crippen molar-refractivity contribution in [2.24, 2.45) is 0 Å². The molecule has 1 N–H and O–H groups in total. The number of thioether (sulfide) groups is 1. The highest BCUT2D eigenvalue weighted by atomic mass is 35.5. The summed E-state index contributed by atoms with van der Waals surface area (Å²) in [4.78, 5) is 29.1. The van der Waals surface area contributed by atoms with Crippen LogP contribution in [0.5, 0.6) is 0 Å². The molecule has 0 bridgehead atoms. The molecular formula is C23H17ClN2O2S. The van der Waals surface area contributed by atoms with Crippen LogP contribution in [0, 0.1) is 6.92 Å². The van der Waals surface area contributed by atoms with Crippen LogP contribution in [-0.4, -0.2) is 11.8 Å². The van der Waals surface area contributed by atoms with Gasteiger partial charge in [0.2, 0.25) is 0 Å². The maximum absolute atomic E-state index is 13.3. The lowest BCUT2D eigenvalue weighted by Crippen LogP contribution is -2.32. The highest BCUT2D eigenvalue weighted by molar-refractivity contribution is 8.04. The first-order valence-electron chi connectivity index (χ1n) is 8.99. The highest BCUT2D eigenvalue weighted by Crippen LogP contribution is 2.38. The van der Waals surface area contributed by atoms with E-state index in [4.69, 9.17) is 11.6 Å². The normalized spacial score (nSPS) is 13.9. The molecule has 144 valence electrons. The van der Waals surface area contributed by atoms with Gasteiger partial charge in [0, 0.05) is 15.6 Å². The minimum Gasteiger partial charge on any atom is -0.350 e. The second-order valence-corrected chi connectivity index (χ2v) is 8.01. The van der Waals surface area contributed by atoms with Crippen molar-refractivity contribution in [3.63, 3.8) is 0 Å². The highest BCUT2D eigenvalue weighted by Gasteiger charge is 2.40. The third-order valence-corrected chi connectivity index (χ3v) is 5.77. The summed E-state index contributed by atoms with van der Waals surface area (Å²) < 4.78 is 0. The van der Waals surface area contributed by atoms with Crippen molar-refractivity contribution in [1.82, 2.24) is 0 Å². The van der Waals surface area contributed by atoms with Crippen molar-refractivity contribution < 1.29 is 9.59 Å². The monoisotopic (exact) mass is 420 g/mol. The SMILES string of the molecule is Cc1cc(Cl)ccc1N1C(=O)C(Nc2ccccc2)=C(Sc2ccccc2)C1=O. The molecule has 1 aliphatic heterocycles. The largest absolute Gasteiger partial charge is 0.350 e. The molecule has 0 radical (unpaired) electrons. The predicted molar refractivity (Wildman–Crippen MR) is 118 cm³/mol. The Labute approximate surface area is 178 Å². The zero-order valence-corrected chi connectivity index (χ0v) is 17.1. The minimum atomic E-state index is -0.386. The number of para-hydroxylation sites is 1. The van der Waals surface area contributed by atoms with Gasteiger partial charge in [0.05, 0.1) is 5.69 Å². The first-order chi connectivity index (χ1) is 14.0. The van der Waals surface area contributed by atoms with Gasteiger partial charge in [-0.3, -0.25) is 9.59 Å². The summed E-state index contributed by atoms with van der Waals surface area (Å²) >= 11 is 7.33. The number of benzene rings is 3. The van der Waals surface area contributed by atoms with E-state index in [1.54, 1.807) is 18.2 Å². The molecule has 0 aromatic heterocycles. The second kappa shape index (κ2) is 8.15. The van der Waals surface area contributed by atoms with Crippen molar-refractivity contribution in [2.45, 2.75) is 11.8 Å². The molecule has 0 atom stereocenters. The van der Waals surface area contributed by atoms with Crippen molar-refractivity contribution >= 4 is 46.6 Å². The maximum atomic E-state index is 13.3. The molecule has 1 aliphatic rings. The van der Waals surface area contributed by atoms with Crippen LogP contribution in [0.2, 0.25) is 5.02 Å². The summed E-state index contributed by atoms with van der Waals surface area (Å²) in [5.41, 5.74) is 2.29. The van der Waals surface area contributed by atoms with E-state index in [0.717, 1.165) is 16.1 Å². The van der Waals surface area contributed by atoms with Gasteiger partial charge in [-0.05, 0) is 55.0 Å². The predicted octanol–water partition coefficient (Wildman–Crippen LogP) is 5.64. The molecular weight excluding hydrogens is 404 g/mol. The number of imide groups is 1. The van der Waals surface area contributed by atoms with Crippen LogP contribution < -0.4 is 10.2 Å². The quantitative estimate of drug-likeness (QED) is 0.543. The van der Waals surface area contributed by atoms with Gasteiger partial charge in [-0.1, -0.05) is 59.8 Å². The van der Waals surface area contributed by atoms with Gasteiger partial charge in [-0.25, -0.2) is 4.90 Å². The molecule has 6 heteroatoms. The molecule has 4 nitrogen and oxygen atoms in total. The summed E-state index contributed by atoms with van der Waals surface area (Å²) in [6, 6.07) is 24.0. The number of halogens is 1. The van der Waals surface area contributed by atoms with E-state index in [1.807, 2.05) is 67.6 Å².